The number of ether oxygens (including phenoxy) is 2. The number of nitrogens with zero attached hydrogens (tertiary/aromatic N) is 2. The van der Waals surface area contributed by atoms with Crippen LogP contribution in [0.3, 0.4) is 0 Å². The lowest BCUT2D eigenvalue weighted by Gasteiger charge is -2.29. The van der Waals surface area contributed by atoms with Crippen LogP contribution in [0.15, 0.2) is 42.0 Å². The first-order valence-electron chi connectivity index (χ1n) is 9.55. The van der Waals surface area contributed by atoms with Crippen molar-refractivity contribution in [2.45, 2.75) is 6.92 Å². The molecule has 1 saturated heterocycles. The Morgan fingerprint density at radius 2 is 2.00 bits per heavy atom. The average Bonchev–Trinajstić information content (AvgIpc) is 2.75. The Kier molecular flexibility index (Phi) is 7.01. The zero-order valence-electron chi connectivity index (χ0n) is 16.1. The van der Waals surface area contributed by atoms with Crippen LogP contribution in [0.5, 0.6) is 0 Å². The van der Waals surface area contributed by atoms with E-state index in [2.05, 4.69) is 28.4 Å². The summed E-state index contributed by atoms with van der Waals surface area (Å²) in [5, 5.41) is 14.2. The number of nitriles is 1. The van der Waals surface area contributed by atoms with Gasteiger partial charge in [0, 0.05) is 31.9 Å². The average molecular weight is 379 g/mol. The molecular weight excluding hydrogens is 354 g/mol. The van der Waals surface area contributed by atoms with Crippen molar-refractivity contribution in [3.8, 4) is 6.07 Å². The molecule has 1 aliphatic heterocycles. The number of carbonyl (C=O) groups is 1. The number of carbonyl (C=O) groups excluding carboxylic acids is 1. The molecule has 0 radical (unpaired) electrons. The van der Waals surface area contributed by atoms with Gasteiger partial charge in [-0.2, -0.15) is 5.26 Å². The van der Waals surface area contributed by atoms with Crippen molar-refractivity contribution in [2.24, 2.45) is 0 Å². The van der Waals surface area contributed by atoms with Gasteiger partial charge in [0.2, 0.25) is 0 Å². The summed E-state index contributed by atoms with van der Waals surface area (Å²) in [4.78, 5) is 14.5. The summed E-state index contributed by atoms with van der Waals surface area (Å²) in [6.45, 7) is 6.62. The second kappa shape index (κ2) is 9.88. The topological polar surface area (TPSA) is 74.6 Å². The van der Waals surface area contributed by atoms with Crippen LogP contribution in [0.1, 0.15) is 12.5 Å². The molecule has 3 rings (SSSR count). The van der Waals surface area contributed by atoms with E-state index in [4.69, 9.17) is 9.47 Å². The smallest absolute Gasteiger partial charge is 0.262 e. The van der Waals surface area contributed by atoms with E-state index >= 15 is 0 Å². The van der Waals surface area contributed by atoms with Crippen LogP contribution in [0.4, 0.5) is 5.69 Å². The summed E-state index contributed by atoms with van der Waals surface area (Å²) in [6, 6.07) is 14.3. The van der Waals surface area contributed by atoms with E-state index < -0.39 is 0 Å². The van der Waals surface area contributed by atoms with Crippen LogP contribution in [-0.4, -0.2) is 52.0 Å². The molecule has 1 heterocycles. The van der Waals surface area contributed by atoms with E-state index in [1.165, 1.54) is 5.69 Å². The second-order valence-corrected chi connectivity index (χ2v) is 6.51. The van der Waals surface area contributed by atoms with E-state index in [0.717, 1.165) is 42.6 Å². The molecule has 1 amide bonds. The van der Waals surface area contributed by atoms with Gasteiger partial charge in [-0.3, -0.25) is 4.79 Å². The highest BCUT2D eigenvalue weighted by molar-refractivity contribution is 6.02. The number of morpholine rings is 1. The Bertz CT molecular complexity index is 896. The van der Waals surface area contributed by atoms with Gasteiger partial charge in [0.05, 0.1) is 19.8 Å². The highest BCUT2D eigenvalue weighted by Gasteiger charge is 2.12. The molecule has 0 unspecified atom stereocenters. The van der Waals surface area contributed by atoms with Crippen LogP contribution >= 0.6 is 0 Å². The van der Waals surface area contributed by atoms with Gasteiger partial charge < -0.3 is 19.7 Å². The Labute approximate surface area is 165 Å². The summed E-state index contributed by atoms with van der Waals surface area (Å²) in [7, 11) is 0. The number of nitrogens with one attached hydrogen (secondary N) is 1. The zero-order valence-corrected chi connectivity index (χ0v) is 16.1. The third kappa shape index (κ3) is 5.10. The first-order chi connectivity index (χ1) is 13.7. The summed E-state index contributed by atoms with van der Waals surface area (Å²) >= 11 is 0. The molecule has 6 nitrogen and oxygen atoms in total. The number of amides is 1. The monoisotopic (exact) mass is 379 g/mol. The van der Waals surface area contributed by atoms with Crippen molar-refractivity contribution in [1.82, 2.24) is 5.32 Å². The SMILES string of the molecule is CCOCCNC(=O)/C(C#N)=C/c1ccc2cc(N3CCOCC3)ccc2c1. The summed E-state index contributed by atoms with van der Waals surface area (Å²) in [6.07, 6.45) is 1.62. The van der Waals surface area contributed by atoms with Gasteiger partial charge in [-0.15, -0.1) is 0 Å². The number of fused-ring (bicyclic) bond motifs is 1. The van der Waals surface area contributed by atoms with Crippen molar-refractivity contribution in [3.05, 3.63) is 47.5 Å². The fourth-order valence-electron chi connectivity index (χ4n) is 3.15. The van der Waals surface area contributed by atoms with E-state index in [0.29, 0.717) is 19.8 Å². The van der Waals surface area contributed by atoms with E-state index in [9.17, 15) is 10.1 Å². The molecule has 1 N–H and O–H groups in total. The van der Waals surface area contributed by atoms with Gasteiger partial charge >= 0.3 is 0 Å². The lowest BCUT2D eigenvalue weighted by atomic mass is 10.0. The quantitative estimate of drug-likeness (QED) is 0.455. The molecular formula is C22H25N3O3. The van der Waals surface area contributed by atoms with Crippen molar-refractivity contribution in [3.63, 3.8) is 0 Å². The van der Waals surface area contributed by atoms with Crippen molar-refractivity contribution < 1.29 is 14.3 Å². The number of hydrogen-bond donors (Lipinski definition) is 1. The Morgan fingerprint density at radius 1 is 1.25 bits per heavy atom. The maximum Gasteiger partial charge on any atom is 0.262 e. The van der Waals surface area contributed by atoms with Gasteiger partial charge in [0.1, 0.15) is 11.6 Å². The maximum atomic E-state index is 12.2. The minimum Gasteiger partial charge on any atom is -0.380 e. The van der Waals surface area contributed by atoms with Crippen LogP contribution in [-0.2, 0) is 14.3 Å². The molecule has 146 valence electrons. The van der Waals surface area contributed by atoms with E-state index in [-0.39, 0.29) is 11.5 Å². The first kappa shape index (κ1) is 19.9. The second-order valence-electron chi connectivity index (χ2n) is 6.51. The van der Waals surface area contributed by atoms with Gasteiger partial charge in [0.25, 0.3) is 5.91 Å². The normalized spacial score (nSPS) is 14.7. The van der Waals surface area contributed by atoms with Gasteiger partial charge in [0.15, 0.2) is 0 Å². The summed E-state index contributed by atoms with van der Waals surface area (Å²) in [5.41, 5.74) is 2.09. The molecule has 0 spiro atoms. The lowest BCUT2D eigenvalue weighted by molar-refractivity contribution is -0.117. The molecule has 0 bridgehead atoms. The molecule has 0 aromatic heterocycles. The van der Waals surface area contributed by atoms with E-state index in [1.807, 2.05) is 31.2 Å². The molecule has 1 fully saturated rings. The minimum atomic E-state index is -0.384. The first-order valence-corrected chi connectivity index (χ1v) is 9.55. The van der Waals surface area contributed by atoms with Gasteiger partial charge in [-0.1, -0.05) is 18.2 Å². The highest BCUT2D eigenvalue weighted by Crippen LogP contribution is 2.24. The fourth-order valence-corrected chi connectivity index (χ4v) is 3.15. The van der Waals surface area contributed by atoms with Crippen LogP contribution in [0.25, 0.3) is 16.8 Å². The Morgan fingerprint density at radius 3 is 2.75 bits per heavy atom. The predicted octanol–water partition coefficient (Wildman–Crippen LogP) is 2.74. The minimum absolute atomic E-state index is 0.0841. The molecule has 0 atom stereocenters. The summed E-state index contributed by atoms with van der Waals surface area (Å²) in [5.74, 6) is -0.384. The third-order valence-corrected chi connectivity index (χ3v) is 4.64. The maximum absolute atomic E-state index is 12.2. The van der Waals surface area contributed by atoms with Crippen LogP contribution < -0.4 is 10.2 Å². The molecule has 1 aliphatic rings. The van der Waals surface area contributed by atoms with Gasteiger partial charge in [-0.25, -0.2) is 0 Å². The predicted molar refractivity (Wildman–Crippen MR) is 110 cm³/mol. The molecule has 28 heavy (non-hydrogen) atoms. The van der Waals surface area contributed by atoms with Crippen molar-refractivity contribution >= 4 is 28.4 Å². The molecule has 0 saturated carbocycles. The Balaban J connectivity index is 1.74. The van der Waals surface area contributed by atoms with Crippen molar-refractivity contribution in [1.29, 1.82) is 5.26 Å². The van der Waals surface area contributed by atoms with Gasteiger partial charge in [-0.05, 0) is 47.5 Å². The molecule has 0 aliphatic carbocycles. The number of anilines is 1. The number of rotatable bonds is 7. The Hall–Kier alpha value is -2.88. The molecule has 2 aromatic carbocycles. The highest BCUT2D eigenvalue weighted by atomic mass is 16.5. The molecule has 6 heteroatoms. The van der Waals surface area contributed by atoms with Crippen LogP contribution in [0, 0.1) is 11.3 Å². The number of benzene rings is 2. The zero-order chi connectivity index (χ0) is 19.8. The number of hydrogen-bond acceptors (Lipinski definition) is 5. The van der Waals surface area contributed by atoms with E-state index in [1.54, 1.807) is 6.08 Å². The molecule has 2 aromatic rings. The van der Waals surface area contributed by atoms with Crippen LogP contribution in [0.2, 0.25) is 0 Å². The largest absolute Gasteiger partial charge is 0.380 e. The fraction of sp³-hybridized carbons (Fsp3) is 0.364. The standard InChI is InChI=1S/C22H25N3O3/c1-2-27-10-7-24-22(26)20(16-23)14-17-3-4-19-15-21(6-5-18(19)13-17)25-8-11-28-12-9-25/h3-6,13-15H,2,7-12H2,1H3,(H,24,26)/b20-14+. The van der Waals surface area contributed by atoms with Crippen molar-refractivity contribution in [2.75, 3.05) is 51.0 Å². The summed E-state index contributed by atoms with van der Waals surface area (Å²) < 4.78 is 10.6. The lowest BCUT2D eigenvalue weighted by Crippen LogP contribution is -2.36. The third-order valence-electron chi connectivity index (χ3n) is 4.64.